The number of hydrogen-bond donors (Lipinski definition) is 0. The lowest BCUT2D eigenvalue weighted by Gasteiger charge is -2.22. The van der Waals surface area contributed by atoms with E-state index in [1.165, 1.54) is 35.2 Å². The fourth-order valence-corrected chi connectivity index (χ4v) is 4.69. The van der Waals surface area contributed by atoms with Gasteiger partial charge < -0.3 is 4.90 Å². The molecule has 0 saturated heterocycles. The first kappa shape index (κ1) is 22.3. The Bertz CT molecular complexity index is 1180. The van der Waals surface area contributed by atoms with Crippen molar-refractivity contribution < 1.29 is 22.0 Å². The number of anilines is 1. The number of carbonyl (C=O) groups excluding carboxylic acids is 1. The van der Waals surface area contributed by atoms with E-state index in [9.17, 15) is 22.0 Å². The van der Waals surface area contributed by atoms with Crippen molar-refractivity contribution in [1.29, 1.82) is 0 Å². The van der Waals surface area contributed by atoms with Crippen molar-refractivity contribution in [2.24, 2.45) is 0 Å². The number of sulfone groups is 1. The highest BCUT2D eigenvalue weighted by Gasteiger charge is 2.23. The number of hydrogen-bond acceptors (Lipinski definition) is 6. The van der Waals surface area contributed by atoms with Crippen molar-refractivity contribution in [1.82, 2.24) is 9.88 Å². The second-order valence-electron chi connectivity index (χ2n) is 6.92. The number of aromatic nitrogens is 1. The van der Waals surface area contributed by atoms with E-state index in [-0.39, 0.29) is 33.4 Å². The number of rotatable bonds is 7. The van der Waals surface area contributed by atoms with Gasteiger partial charge in [-0.1, -0.05) is 18.3 Å². The molecule has 0 aliphatic carbocycles. The number of carbonyl (C=O) groups is 1. The molecule has 30 heavy (non-hydrogen) atoms. The highest BCUT2D eigenvalue weighted by atomic mass is 32.2. The van der Waals surface area contributed by atoms with Crippen molar-refractivity contribution in [2.75, 3.05) is 37.8 Å². The molecule has 0 spiro atoms. The monoisotopic (exact) mass is 453 g/mol. The first-order chi connectivity index (χ1) is 14.1. The van der Waals surface area contributed by atoms with Gasteiger partial charge >= 0.3 is 0 Å². The van der Waals surface area contributed by atoms with Crippen LogP contribution >= 0.6 is 11.3 Å². The molecule has 3 rings (SSSR count). The number of thiazole rings is 1. The van der Waals surface area contributed by atoms with E-state index >= 15 is 0 Å². The molecule has 0 atom stereocenters. The minimum atomic E-state index is -3.38. The van der Waals surface area contributed by atoms with E-state index in [0.717, 1.165) is 17.4 Å². The van der Waals surface area contributed by atoms with Crippen LogP contribution in [-0.2, 0) is 9.84 Å². The average Bonchev–Trinajstić information content (AvgIpc) is 3.12. The van der Waals surface area contributed by atoms with Gasteiger partial charge in [0.2, 0.25) is 0 Å². The van der Waals surface area contributed by atoms with Gasteiger partial charge in [0.15, 0.2) is 20.8 Å². The van der Waals surface area contributed by atoms with Crippen LogP contribution in [0.1, 0.15) is 17.3 Å². The Labute approximate surface area is 177 Å². The molecule has 0 unspecified atom stereocenters. The zero-order chi connectivity index (χ0) is 22.1. The van der Waals surface area contributed by atoms with Crippen LogP contribution in [0.25, 0.3) is 10.2 Å². The van der Waals surface area contributed by atoms with Crippen LogP contribution < -0.4 is 4.90 Å². The van der Waals surface area contributed by atoms with Crippen molar-refractivity contribution in [3.05, 3.63) is 53.6 Å². The largest absolute Gasteiger partial charge is 0.308 e. The van der Waals surface area contributed by atoms with Gasteiger partial charge in [0.25, 0.3) is 5.91 Å². The summed E-state index contributed by atoms with van der Waals surface area (Å²) in [7, 11) is 0.316. The Morgan fingerprint density at radius 3 is 2.37 bits per heavy atom. The minimum Gasteiger partial charge on any atom is -0.308 e. The van der Waals surface area contributed by atoms with Gasteiger partial charge in [-0.2, -0.15) is 0 Å². The summed E-state index contributed by atoms with van der Waals surface area (Å²) in [5, 5.41) is 0.242. The average molecular weight is 454 g/mol. The fraction of sp³-hybridized carbons (Fsp3) is 0.300. The molecule has 0 aliphatic rings. The summed E-state index contributed by atoms with van der Waals surface area (Å²) >= 11 is 1.02. The SMILES string of the molecule is CCS(=O)(=O)c1ccc(C(=O)N(CCN(C)C)c2nc3c(F)cc(F)cc3s2)cc1. The Kier molecular flexibility index (Phi) is 6.49. The van der Waals surface area contributed by atoms with Gasteiger partial charge in [-0.15, -0.1) is 0 Å². The number of amides is 1. The highest BCUT2D eigenvalue weighted by molar-refractivity contribution is 7.91. The third kappa shape index (κ3) is 4.66. The summed E-state index contributed by atoms with van der Waals surface area (Å²) in [5.74, 6) is -1.95. The van der Waals surface area contributed by atoms with E-state index < -0.39 is 27.4 Å². The predicted molar refractivity (Wildman–Crippen MR) is 114 cm³/mol. The third-order valence-corrected chi connectivity index (χ3v) is 7.27. The molecular weight excluding hydrogens is 432 g/mol. The summed E-state index contributed by atoms with van der Waals surface area (Å²) in [6.45, 7) is 2.33. The first-order valence-corrected chi connectivity index (χ1v) is 11.6. The molecule has 3 aromatic rings. The Morgan fingerprint density at radius 1 is 1.10 bits per heavy atom. The maximum Gasteiger partial charge on any atom is 0.260 e. The summed E-state index contributed by atoms with van der Waals surface area (Å²) in [6, 6.07) is 7.61. The van der Waals surface area contributed by atoms with Gasteiger partial charge in [-0.25, -0.2) is 22.2 Å². The minimum absolute atomic E-state index is 0.00319. The van der Waals surface area contributed by atoms with Crippen molar-refractivity contribution >= 4 is 42.4 Å². The molecule has 0 radical (unpaired) electrons. The normalized spacial score (nSPS) is 11.9. The molecule has 0 aliphatic heterocycles. The van der Waals surface area contributed by atoms with Crippen LogP contribution in [0, 0.1) is 11.6 Å². The third-order valence-electron chi connectivity index (χ3n) is 4.49. The van der Waals surface area contributed by atoms with Crippen LogP contribution in [0.15, 0.2) is 41.3 Å². The molecule has 160 valence electrons. The molecule has 0 saturated carbocycles. The predicted octanol–water partition coefficient (Wildman–Crippen LogP) is 3.58. The molecular formula is C20H21F2N3O3S2. The van der Waals surface area contributed by atoms with Crippen molar-refractivity contribution in [2.45, 2.75) is 11.8 Å². The number of benzene rings is 2. The first-order valence-electron chi connectivity index (χ1n) is 9.17. The van der Waals surface area contributed by atoms with Crippen LogP contribution in [0.3, 0.4) is 0 Å². The second kappa shape index (κ2) is 8.75. The van der Waals surface area contributed by atoms with E-state index in [4.69, 9.17) is 0 Å². The molecule has 0 bridgehead atoms. The molecule has 0 fully saturated rings. The Balaban J connectivity index is 1.99. The van der Waals surface area contributed by atoms with E-state index in [1.54, 1.807) is 6.92 Å². The number of nitrogens with zero attached hydrogens (tertiary/aromatic N) is 3. The second-order valence-corrected chi connectivity index (χ2v) is 10.2. The van der Waals surface area contributed by atoms with Gasteiger partial charge in [0, 0.05) is 24.7 Å². The lowest BCUT2D eigenvalue weighted by molar-refractivity contribution is 0.0985. The molecule has 1 amide bonds. The molecule has 0 N–H and O–H groups in total. The summed E-state index contributed by atoms with van der Waals surface area (Å²) in [6.07, 6.45) is 0. The van der Waals surface area contributed by atoms with Gasteiger partial charge in [-0.05, 0) is 44.4 Å². The molecule has 1 heterocycles. The number of likely N-dealkylation sites (N-methyl/N-ethyl adjacent to an activating group) is 1. The molecule has 2 aromatic carbocycles. The van der Waals surface area contributed by atoms with Crippen LogP contribution in [0.5, 0.6) is 0 Å². The van der Waals surface area contributed by atoms with Crippen LogP contribution in [0.2, 0.25) is 0 Å². The summed E-state index contributed by atoms with van der Waals surface area (Å²) < 4.78 is 51.9. The lowest BCUT2D eigenvalue weighted by Crippen LogP contribution is -2.36. The molecule has 10 heteroatoms. The maximum atomic E-state index is 14.1. The van der Waals surface area contributed by atoms with Crippen LogP contribution in [0.4, 0.5) is 13.9 Å². The standard InChI is InChI=1S/C20H21F2N3O3S2/c1-4-30(27,28)15-7-5-13(6-8-15)19(26)25(10-9-24(2)3)20-23-18-16(22)11-14(21)12-17(18)29-20/h5-8,11-12H,4,9-10H2,1-3H3. The van der Waals surface area contributed by atoms with E-state index in [2.05, 4.69) is 4.98 Å². The number of fused-ring (bicyclic) bond motifs is 1. The summed E-state index contributed by atoms with van der Waals surface area (Å²) in [4.78, 5) is 20.8. The van der Waals surface area contributed by atoms with Gasteiger partial charge in [-0.3, -0.25) is 9.69 Å². The number of halogens is 2. The smallest absolute Gasteiger partial charge is 0.260 e. The zero-order valence-corrected chi connectivity index (χ0v) is 18.4. The van der Waals surface area contributed by atoms with Crippen molar-refractivity contribution in [3.8, 4) is 0 Å². The van der Waals surface area contributed by atoms with Crippen LogP contribution in [-0.4, -0.2) is 57.1 Å². The quantitative estimate of drug-likeness (QED) is 0.547. The maximum absolute atomic E-state index is 14.1. The van der Waals surface area contributed by atoms with E-state index in [0.29, 0.717) is 11.2 Å². The topological polar surface area (TPSA) is 70.6 Å². The lowest BCUT2D eigenvalue weighted by atomic mass is 10.2. The molecule has 6 nitrogen and oxygen atoms in total. The molecule has 1 aromatic heterocycles. The fourth-order valence-electron chi connectivity index (χ4n) is 2.77. The highest BCUT2D eigenvalue weighted by Crippen LogP contribution is 2.32. The Morgan fingerprint density at radius 2 is 1.77 bits per heavy atom. The van der Waals surface area contributed by atoms with E-state index in [1.807, 2.05) is 19.0 Å². The van der Waals surface area contributed by atoms with Crippen molar-refractivity contribution in [3.63, 3.8) is 0 Å². The van der Waals surface area contributed by atoms with Gasteiger partial charge in [0.1, 0.15) is 11.3 Å². The van der Waals surface area contributed by atoms with Gasteiger partial charge in [0.05, 0.1) is 15.3 Å². The Hall–Kier alpha value is -2.43. The zero-order valence-electron chi connectivity index (χ0n) is 16.7. The summed E-state index contributed by atoms with van der Waals surface area (Å²) in [5.41, 5.74) is 0.276.